The van der Waals surface area contributed by atoms with E-state index in [0.29, 0.717) is 18.4 Å². The smallest absolute Gasteiger partial charge is 0.0459 e. The summed E-state index contributed by atoms with van der Waals surface area (Å²) in [7, 11) is 0. The molecule has 1 N–H and O–H groups in total. The van der Waals surface area contributed by atoms with Gasteiger partial charge >= 0.3 is 0 Å². The molecule has 1 heteroatoms. The monoisotopic (exact) mass is 256 g/mol. The van der Waals surface area contributed by atoms with Gasteiger partial charge in [0.1, 0.15) is 0 Å². The molecule has 0 fully saturated rings. The lowest BCUT2D eigenvalue weighted by Gasteiger charge is -2.17. The van der Waals surface area contributed by atoms with Crippen LogP contribution >= 0.6 is 0 Å². The zero-order valence-corrected chi connectivity index (χ0v) is 13.1. The first kappa shape index (κ1) is 18.0. The molecule has 0 aliphatic heterocycles. The SMILES string of the molecule is CCCCCCCCCCCCC(C)C(C)CO. The Morgan fingerprint density at radius 2 is 1.11 bits per heavy atom. The summed E-state index contributed by atoms with van der Waals surface area (Å²) in [5.41, 5.74) is 0. The Balaban J connectivity index is 3.11. The van der Waals surface area contributed by atoms with Gasteiger partial charge in [0, 0.05) is 6.61 Å². The summed E-state index contributed by atoms with van der Waals surface area (Å²) in [4.78, 5) is 0. The van der Waals surface area contributed by atoms with Gasteiger partial charge in [-0.1, -0.05) is 91.4 Å². The van der Waals surface area contributed by atoms with E-state index in [-0.39, 0.29) is 0 Å². The third kappa shape index (κ3) is 11.1. The zero-order chi connectivity index (χ0) is 13.6. The Hall–Kier alpha value is -0.0400. The topological polar surface area (TPSA) is 20.2 Å². The molecular formula is C17H36O. The van der Waals surface area contributed by atoms with Crippen LogP contribution in [0.1, 0.15) is 91.4 Å². The molecular weight excluding hydrogens is 220 g/mol. The summed E-state index contributed by atoms with van der Waals surface area (Å²) >= 11 is 0. The van der Waals surface area contributed by atoms with Crippen molar-refractivity contribution in [3.05, 3.63) is 0 Å². The highest BCUT2D eigenvalue weighted by Crippen LogP contribution is 2.19. The van der Waals surface area contributed by atoms with Crippen molar-refractivity contribution in [1.82, 2.24) is 0 Å². The molecule has 0 rings (SSSR count). The predicted octanol–water partition coefficient (Wildman–Crippen LogP) is 5.56. The lowest BCUT2D eigenvalue weighted by atomic mass is 9.91. The van der Waals surface area contributed by atoms with Gasteiger partial charge < -0.3 is 5.11 Å². The number of unbranched alkanes of at least 4 members (excludes halogenated alkanes) is 9. The summed E-state index contributed by atoms with van der Waals surface area (Å²) < 4.78 is 0. The molecule has 0 aliphatic carbocycles. The van der Waals surface area contributed by atoms with E-state index in [2.05, 4.69) is 20.8 Å². The van der Waals surface area contributed by atoms with Gasteiger partial charge in [-0.15, -0.1) is 0 Å². The highest BCUT2D eigenvalue weighted by atomic mass is 16.3. The molecule has 0 aromatic carbocycles. The second-order valence-electron chi connectivity index (χ2n) is 6.11. The van der Waals surface area contributed by atoms with Crippen LogP contribution in [0.2, 0.25) is 0 Å². The molecule has 0 saturated carbocycles. The van der Waals surface area contributed by atoms with Crippen molar-refractivity contribution in [1.29, 1.82) is 0 Å². The van der Waals surface area contributed by atoms with Crippen molar-refractivity contribution in [3.8, 4) is 0 Å². The molecule has 0 bridgehead atoms. The van der Waals surface area contributed by atoms with Crippen molar-refractivity contribution in [3.63, 3.8) is 0 Å². The number of aliphatic hydroxyl groups excluding tert-OH is 1. The predicted molar refractivity (Wildman–Crippen MR) is 81.9 cm³/mol. The highest BCUT2D eigenvalue weighted by molar-refractivity contribution is 4.60. The lowest BCUT2D eigenvalue weighted by molar-refractivity contribution is 0.188. The molecule has 0 radical (unpaired) electrons. The van der Waals surface area contributed by atoms with Crippen LogP contribution in [0.15, 0.2) is 0 Å². The molecule has 1 nitrogen and oxygen atoms in total. The van der Waals surface area contributed by atoms with E-state index in [1.165, 1.54) is 70.6 Å². The first-order valence-corrected chi connectivity index (χ1v) is 8.33. The van der Waals surface area contributed by atoms with Gasteiger partial charge in [-0.25, -0.2) is 0 Å². The highest BCUT2D eigenvalue weighted by Gasteiger charge is 2.09. The summed E-state index contributed by atoms with van der Waals surface area (Å²) in [5.74, 6) is 1.16. The van der Waals surface area contributed by atoms with E-state index in [1.807, 2.05) is 0 Å². The Bertz CT molecular complexity index is 156. The maximum Gasteiger partial charge on any atom is 0.0459 e. The summed E-state index contributed by atoms with van der Waals surface area (Å²) in [6.45, 7) is 7.05. The van der Waals surface area contributed by atoms with E-state index in [1.54, 1.807) is 0 Å². The fraction of sp³-hybridized carbons (Fsp3) is 1.00. The third-order valence-electron chi connectivity index (χ3n) is 4.27. The Kier molecular flexibility index (Phi) is 13.4. The molecule has 0 saturated heterocycles. The second kappa shape index (κ2) is 13.4. The molecule has 18 heavy (non-hydrogen) atoms. The number of hydrogen-bond donors (Lipinski definition) is 1. The van der Waals surface area contributed by atoms with Crippen LogP contribution in [0.3, 0.4) is 0 Å². The quantitative estimate of drug-likeness (QED) is 0.428. The zero-order valence-electron chi connectivity index (χ0n) is 13.1. The molecule has 0 spiro atoms. The average molecular weight is 256 g/mol. The second-order valence-corrected chi connectivity index (χ2v) is 6.11. The fourth-order valence-corrected chi connectivity index (χ4v) is 2.42. The molecule has 2 unspecified atom stereocenters. The first-order chi connectivity index (χ1) is 8.72. The Labute approximate surface area is 115 Å². The van der Waals surface area contributed by atoms with Gasteiger partial charge in [-0.3, -0.25) is 0 Å². The standard InChI is InChI=1S/C17H36O/c1-4-5-6-7-8-9-10-11-12-13-14-16(2)17(3)15-18/h16-18H,4-15H2,1-3H3. The van der Waals surface area contributed by atoms with Crippen molar-refractivity contribution in [2.75, 3.05) is 6.61 Å². The minimum atomic E-state index is 0.346. The molecule has 0 aromatic rings. The van der Waals surface area contributed by atoms with Gasteiger partial charge in [-0.2, -0.15) is 0 Å². The Morgan fingerprint density at radius 1 is 0.667 bits per heavy atom. The van der Waals surface area contributed by atoms with Crippen LogP contribution in [0.25, 0.3) is 0 Å². The van der Waals surface area contributed by atoms with Gasteiger partial charge in [0.2, 0.25) is 0 Å². The minimum Gasteiger partial charge on any atom is -0.396 e. The molecule has 0 aliphatic rings. The minimum absolute atomic E-state index is 0.346. The van der Waals surface area contributed by atoms with E-state index < -0.39 is 0 Å². The van der Waals surface area contributed by atoms with E-state index in [0.717, 1.165) is 0 Å². The van der Waals surface area contributed by atoms with Crippen LogP contribution in [-0.2, 0) is 0 Å². The fourth-order valence-electron chi connectivity index (χ4n) is 2.42. The van der Waals surface area contributed by atoms with Gasteiger partial charge in [-0.05, 0) is 11.8 Å². The number of aliphatic hydroxyl groups is 1. The van der Waals surface area contributed by atoms with Gasteiger partial charge in [0.15, 0.2) is 0 Å². The van der Waals surface area contributed by atoms with Crippen molar-refractivity contribution in [2.24, 2.45) is 11.8 Å². The molecule has 0 aromatic heterocycles. The third-order valence-corrected chi connectivity index (χ3v) is 4.27. The van der Waals surface area contributed by atoms with Crippen LogP contribution in [0, 0.1) is 11.8 Å². The molecule has 0 amide bonds. The molecule has 110 valence electrons. The number of rotatable bonds is 13. The van der Waals surface area contributed by atoms with E-state index in [9.17, 15) is 0 Å². The molecule has 0 heterocycles. The van der Waals surface area contributed by atoms with Crippen LogP contribution in [-0.4, -0.2) is 11.7 Å². The molecule has 2 atom stereocenters. The van der Waals surface area contributed by atoms with E-state index >= 15 is 0 Å². The van der Waals surface area contributed by atoms with Crippen LogP contribution < -0.4 is 0 Å². The van der Waals surface area contributed by atoms with Crippen molar-refractivity contribution >= 4 is 0 Å². The van der Waals surface area contributed by atoms with Gasteiger partial charge in [0.25, 0.3) is 0 Å². The van der Waals surface area contributed by atoms with Crippen LogP contribution in [0.4, 0.5) is 0 Å². The van der Waals surface area contributed by atoms with Crippen LogP contribution in [0.5, 0.6) is 0 Å². The first-order valence-electron chi connectivity index (χ1n) is 8.33. The van der Waals surface area contributed by atoms with Crippen molar-refractivity contribution < 1.29 is 5.11 Å². The normalized spacial score (nSPS) is 14.7. The lowest BCUT2D eigenvalue weighted by Crippen LogP contribution is -2.11. The average Bonchev–Trinajstić information content (AvgIpc) is 2.39. The summed E-state index contributed by atoms with van der Waals surface area (Å²) in [6.07, 6.45) is 15.4. The van der Waals surface area contributed by atoms with Crippen molar-refractivity contribution in [2.45, 2.75) is 91.4 Å². The number of hydrogen-bond acceptors (Lipinski definition) is 1. The maximum atomic E-state index is 9.07. The Morgan fingerprint density at radius 3 is 1.56 bits per heavy atom. The summed E-state index contributed by atoms with van der Waals surface area (Å²) in [6, 6.07) is 0. The van der Waals surface area contributed by atoms with Gasteiger partial charge in [0.05, 0.1) is 0 Å². The van der Waals surface area contributed by atoms with E-state index in [4.69, 9.17) is 5.11 Å². The maximum absolute atomic E-state index is 9.07. The largest absolute Gasteiger partial charge is 0.396 e. The summed E-state index contributed by atoms with van der Waals surface area (Å²) in [5, 5.41) is 9.07.